The first-order valence-electron chi connectivity index (χ1n) is 17.4. The molecule has 8 aromatic carbocycles. The zero-order chi connectivity index (χ0) is 34.0. The van der Waals surface area contributed by atoms with E-state index in [4.69, 9.17) is 12.3 Å². The van der Waals surface area contributed by atoms with Crippen molar-refractivity contribution < 1.29 is 12.3 Å². The highest BCUT2D eigenvalue weighted by molar-refractivity contribution is 7.10. The van der Waals surface area contributed by atoms with Gasteiger partial charge in [0.15, 0.2) is 0 Å². The van der Waals surface area contributed by atoms with Crippen LogP contribution in [0.1, 0.15) is 22.3 Å². The molecule has 1 aliphatic heterocycles. The molecule has 0 amide bonds. The molecule has 0 aromatic heterocycles. The van der Waals surface area contributed by atoms with Gasteiger partial charge in [-0.2, -0.15) is 0 Å². The summed E-state index contributed by atoms with van der Waals surface area (Å²) in [5, 5.41) is 14.2. The van der Waals surface area contributed by atoms with Crippen molar-refractivity contribution in [1.29, 1.82) is 0 Å². The van der Waals surface area contributed by atoms with Crippen LogP contribution in [0.3, 0.4) is 0 Å². The van der Waals surface area contributed by atoms with Crippen LogP contribution in [-0.4, -0.2) is 27.1 Å². The molecule has 0 aliphatic carbocycles. The molecular weight excluding hydrogens is 661 g/mol. The molecule has 1 fully saturated rings. The first-order chi connectivity index (χ1) is 24.4. The van der Waals surface area contributed by atoms with Crippen molar-refractivity contribution in [2.75, 3.05) is 0 Å². The van der Waals surface area contributed by atoms with Gasteiger partial charge >= 0.3 is 17.1 Å². The van der Waals surface area contributed by atoms with E-state index in [1.165, 1.54) is 70.5 Å². The number of hydrogen-bond acceptors (Lipinski definition) is 3. The zero-order valence-corrected chi connectivity index (χ0v) is 32.2. The van der Waals surface area contributed by atoms with Crippen molar-refractivity contribution in [2.45, 2.75) is 27.7 Å². The molecule has 1 heterocycles. The Morgan fingerprint density at radius 1 is 0.400 bits per heavy atom. The van der Waals surface area contributed by atoms with Gasteiger partial charge in [-0.15, -0.1) is 0 Å². The molecule has 1 unspecified atom stereocenters. The maximum Gasteiger partial charge on any atom is 0.391 e. The monoisotopic (exact) mass is 698 g/mol. The Morgan fingerprint density at radius 2 is 0.820 bits per heavy atom. The minimum absolute atomic E-state index is 1.14. The summed E-state index contributed by atoms with van der Waals surface area (Å²) in [6, 6.07) is 52.6. The summed E-state index contributed by atoms with van der Waals surface area (Å²) in [5.41, 5.74) is 5.12. The van der Waals surface area contributed by atoms with Crippen LogP contribution in [0.5, 0.6) is 0 Å². The predicted molar refractivity (Wildman–Crippen MR) is 217 cm³/mol. The van der Waals surface area contributed by atoms with E-state index in [0.717, 1.165) is 15.6 Å². The quantitative estimate of drug-likeness (QED) is 0.179. The minimum atomic E-state index is -3.56. The fourth-order valence-electron chi connectivity index (χ4n) is 8.45. The van der Waals surface area contributed by atoms with Crippen molar-refractivity contribution >= 4 is 91.0 Å². The van der Waals surface area contributed by atoms with E-state index < -0.39 is 27.1 Å². The molecule has 1 saturated heterocycles. The Balaban J connectivity index is 1.47. The third kappa shape index (κ3) is 4.57. The molecular formula is C44H38O3Si3. The van der Waals surface area contributed by atoms with E-state index in [1.807, 2.05) is 0 Å². The lowest BCUT2D eigenvalue weighted by atomic mass is 9.93. The number of fused-ring (bicyclic) bond motifs is 4. The first-order valence-corrected chi connectivity index (χ1v) is 22.1. The lowest BCUT2D eigenvalue weighted by molar-refractivity contribution is 0.293. The summed E-state index contributed by atoms with van der Waals surface area (Å²) in [6.45, 7) is 9.04. The van der Waals surface area contributed by atoms with E-state index in [-0.39, 0.29) is 0 Å². The highest BCUT2D eigenvalue weighted by Gasteiger charge is 2.59. The van der Waals surface area contributed by atoms with Gasteiger partial charge in [0.25, 0.3) is 10.0 Å². The Labute approximate surface area is 297 Å². The highest BCUT2D eigenvalue weighted by atomic mass is 28.5. The lowest BCUT2D eigenvalue weighted by Crippen LogP contribution is -2.79. The molecule has 244 valence electrons. The second kappa shape index (κ2) is 12.0. The molecule has 0 radical (unpaired) electrons. The fraction of sp³-hybridized carbons (Fsp3) is 0.0909. The van der Waals surface area contributed by atoms with Gasteiger partial charge in [-0.1, -0.05) is 146 Å². The van der Waals surface area contributed by atoms with Crippen LogP contribution >= 0.6 is 0 Å². The maximum absolute atomic E-state index is 8.32. The molecule has 0 bridgehead atoms. The smallest absolute Gasteiger partial charge is 0.391 e. The molecule has 3 nitrogen and oxygen atoms in total. The van der Waals surface area contributed by atoms with Crippen LogP contribution in [0.25, 0.3) is 43.1 Å². The molecule has 8 aromatic rings. The average molecular weight is 699 g/mol. The maximum atomic E-state index is 8.32. The first kappa shape index (κ1) is 31.3. The van der Waals surface area contributed by atoms with Gasteiger partial charge in [0.05, 0.1) is 0 Å². The van der Waals surface area contributed by atoms with Crippen LogP contribution in [0.15, 0.2) is 146 Å². The summed E-state index contributed by atoms with van der Waals surface area (Å²) in [4.78, 5) is 0. The average Bonchev–Trinajstić information content (AvgIpc) is 3.16. The van der Waals surface area contributed by atoms with Gasteiger partial charge in [0.1, 0.15) is 0 Å². The molecule has 1 aliphatic rings. The third-order valence-electron chi connectivity index (χ3n) is 11.0. The summed E-state index contributed by atoms with van der Waals surface area (Å²) in [7, 11) is -8.66. The summed E-state index contributed by atoms with van der Waals surface area (Å²) < 4.78 is 23.1. The molecule has 0 saturated carbocycles. The van der Waals surface area contributed by atoms with Gasteiger partial charge in [0, 0.05) is 20.7 Å². The number of benzene rings is 8. The summed E-state index contributed by atoms with van der Waals surface area (Å²) >= 11 is 0. The van der Waals surface area contributed by atoms with E-state index in [1.54, 1.807) is 0 Å². The minimum Gasteiger partial charge on any atom is -0.413 e. The highest BCUT2D eigenvalue weighted by Crippen LogP contribution is 2.34. The van der Waals surface area contributed by atoms with E-state index in [2.05, 4.69) is 173 Å². The molecule has 6 heteroatoms. The van der Waals surface area contributed by atoms with Gasteiger partial charge in [0.2, 0.25) is 0 Å². The topological polar surface area (TPSA) is 27.7 Å². The molecule has 50 heavy (non-hydrogen) atoms. The Morgan fingerprint density at radius 3 is 1.36 bits per heavy atom. The van der Waals surface area contributed by atoms with Gasteiger partial charge in [-0.3, -0.25) is 0 Å². The standard InChI is InChI=1S/C44H38O3Si3/c1-29-15-11-25-39-43(29)31(3)30(2)32(4)44(39)50(42-28-14-21-35-18-7-10-24-38(35)42)46-48-45-49(47-50,40-26-12-19-33-16-5-8-22-36(33)40)41-27-13-20-34-17-6-9-23-37(34)41/h5-28H,48H2,1-4H3. The fourth-order valence-corrected chi connectivity index (χ4v) is 22.4. The normalized spacial score (nSPS) is 18.0. The van der Waals surface area contributed by atoms with Gasteiger partial charge < -0.3 is 12.3 Å². The van der Waals surface area contributed by atoms with E-state index in [0.29, 0.717) is 0 Å². The largest absolute Gasteiger partial charge is 0.413 e. The third-order valence-corrected chi connectivity index (χ3v) is 22.2. The van der Waals surface area contributed by atoms with Crippen molar-refractivity contribution in [1.82, 2.24) is 0 Å². The zero-order valence-electron chi connectivity index (χ0n) is 28.8. The number of hydrogen-bond donors (Lipinski definition) is 0. The van der Waals surface area contributed by atoms with Crippen molar-refractivity contribution in [3.05, 3.63) is 168 Å². The van der Waals surface area contributed by atoms with E-state index >= 15 is 0 Å². The van der Waals surface area contributed by atoms with Crippen LogP contribution in [0.4, 0.5) is 0 Å². The number of aryl methyl sites for hydroxylation is 2. The Bertz CT molecular complexity index is 2540. The predicted octanol–water partition coefficient (Wildman–Crippen LogP) is 7.41. The summed E-state index contributed by atoms with van der Waals surface area (Å²) in [5.74, 6) is 0. The SMILES string of the molecule is Cc1c(C)c(C)c2c(C)cccc2c1[Si]1(c2cccc3ccccc23)O[SiH2]O[Si](c2cccc3ccccc23)(c2cccc3ccccc23)O1. The van der Waals surface area contributed by atoms with Crippen LogP contribution in [0, 0.1) is 27.7 Å². The van der Waals surface area contributed by atoms with Crippen LogP contribution < -0.4 is 20.7 Å². The van der Waals surface area contributed by atoms with E-state index in [9.17, 15) is 0 Å². The molecule has 1 atom stereocenters. The van der Waals surface area contributed by atoms with Crippen molar-refractivity contribution in [2.24, 2.45) is 0 Å². The lowest BCUT2D eigenvalue weighted by Gasteiger charge is -2.47. The van der Waals surface area contributed by atoms with Crippen molar-refractivity contribution in [3.8, 4) is 0 Å². The Kier molecular flexibility index (Phi) is 7.51. The number of rotatable bonds is 4. The second-order valence-corrected chi connectivity index (χ2v) is 21.5. The molecule has 0 N–H and O–H groups in total. The Hall–Kier alpha value is -4.67. The van der Waals surface area contributed by atoms with Crippen LogP contribution in [-0.2, 0) is 12.3 Å². The summed E-state index contributed by atoms with van der Waals surface area (Å²) in [6.07, 6.45) is 0. The molecule has 0 spiro atoms. The van der Waals surface area contributed by atoms with Gasteiger partial charge in [-0.25, -0.2) is 0 Å². The van der Waals surface area contributed by atoms with Gasteiger partial charge in [-0.05, 0) is 93.0 Å². The van der Waals surface area contributed by atoms with Crippen molar-refractivity contribution in [3.63, 3.8) is 0 Å². The van der Waals surface area contributed by atoms with Crippen LogP contribution in [0.2, 0.25) is 0 Å². The second-order valence-electron chi connectivity index (χ2n) is 13.6. The molecule has 9 rings (SSSR count).